The molecule has 3 aromatic rings. The van der Waals surface area contributed by atoms with Gasteiger partial charge in [0, 0.05) is 11.9 Å². The monoisotopic (exact) mass is 390 g/mol. The number of amides is 1. The van der Waals surface area contributed by atoms with Crippen molar-refractivity contribution in [3.05, 3.63) is 56.4 Å². The number of aryl methyl sites for hydroxylation is 1. The average molecular weight is 391 g/mol. The van der Waals surface area contributed by atoms with Crippen molar-refractivity contribution in [2.24, 2.45) is 0 Å². The van der Waals surface area contributed by atoms with Crippen LogP contribution in [-0.4, -0.2) is 41.4 Å². The Labute approximate surface area is 160 Å². The van der Waals surface area contributed by atoms with Gasteiger partial charge in [-0.1, -0.05) is 23.7 Å². The number of hydrogen-bond donors (Lipinski definition) is 1. The number of nitrogens with zero attached hydrogens (tertiary/aromatic N) is 3. The van der Waals surface area contributed by atoms with E-state index in [0.717, 1.165) is 4.88 Å². The van der Waals surface area contributed by atoms with Gasteiger partial charge in [0.25, 0.3) is 5.56 Å². The molecule has 0 aliphatic carbocycles. The third-order valence-electron chi connectivity index (χ3n) is 3.97. The van der Waals surface area contributed by atoms with Gasteiger partial charge < -0.3 is 9.88 Å². The largest absolute Gasteiger partial charge is 0.313 e. The number of anilines is 1. The van der Waals surface area contributed by atoms with E-state index in [1.807, 2.05) is 25.1 Å². The van der Waals surface area contributed by atoms with Crippen molar-refractivity contribution >= 4 is 44.7 Å². The van der Waals surface area contributed by atoms with Crippen molar-refractivity contribution < 1.29 is 4.79 Å². The smallest absolute Gasteiger partial charge is 0.268 e. The van der Waals surface area contributed by atoms with Gasteiger partial charge >= 0.3 is 0 Å². The lowest BCUT2D eigenvalue weighted by Crippen LogP contribution is -2.37. The number of carbonyl (C=O) groups excluding carboxylic acids is 1. The third kappa shape index (κ3) is 3.95. The maximum absolute atomic E-state index is 12.5. The van der Waals surface area contributed by atoms with E-state index >= 15 is 0 Å². The molecule has 0 saturated heterocycles. The molecule has 6 nitrogen and oxygen atoms in total. The van der Waals surface area contributed by atoms with Crippen LogP contribution < -0.4 is 10.5 Å². The number of likely N-dealkylation sites (N-methyl/N-ethyl adjacent to an activating group) is 2. The molecule has 0 spiro atoms. The van der Waals surface area contributed by atoms with Crippen LogP contribution >= 0.6 is 22.9 Å². The van der Waals surface area contributed by atoms with E-state index in [1.54, 1.807) is 31.1 Å². The second-order valence-electron chi connectivity index (χ2n) is 6.16. The van der Waals surface area contributed by atoms with Crippen LogP contribution in [0.1, 0.15) is 10.7 Å². The molecule has 1 amide bonds. The molecule has 0 unspecified atom stereocenters. The van der Waals surface area contributed by atoms with Crippen LogP contribution in [0.5, 0.6) is 0 Å². The number of H-pyrrole nitrogens is 1. The summed E-state index contributed by atoms with van der Waals surface area (Å²) in [5, 5.41) is 0.523. The lowest BCUT2D eigenvalue weighted by atomic mass is 10.3. The molecule has 0 saturated carbocycles. The molecular formula is C18H19ClN4O2S. The summed E-state index contributed by atoms with van der Waals surface area (Å²) in [5.74, 6) is 0.436. The van der Waals surface area contributed by atoms with Crippen LogP contribution in [0, 0.1) is 6.92 Å². The number of para-hydroxylation sites is 1. The molecule has 0 aliphatic heterocycles. The standard InChI is InChI=1S/C18H19ClN4O2S/c1-11-8-13-17(26-11)18(25)21-15(20-13)9-22(2)10-16(24)23(3)14-7-5-4-6-12(14)19/h4-8H,9-10H2,1-3H3,(H,20,21,25). The molecule has 0 fully saturated rings. The lowest BCUT2D eigenvalue weighted by Gasteiger charge is -2.22. The first-order chi connectivity index (χ1) is 12.3. The van der Waals surface area contributed by atoms with Gasteiger partial charge in [-0.25, -0.2) is 4.98 Å². The second-order valence-corrected chi connectivity index (χ2v) is 7.82. The molecule has 0 bridgehead atoms. The van der Waals surface area contributed by atoms with E-state index < -0.39 is 0 Å². The minimum Gasteiger partial charge on any atom is -0.313 e. The van der Waals surface area contributed by atoms with Crippen molar-refractivity contribution in [1.82, 2.24) is 14.9 Å². The number of benzene rings is 1. The fourth-order valence-electron chi connectivity index (χ4n) is 2.69. The van der Waals surface area contributed by atoms with Gasteiger partial charge in [0.15, 0.2) is 0 Å². The van der Waals surface area contributed by atoms with Crippen molar-refractivity contribution in [2.75, 3.05) is 25.5 Å². The topological polar surface area (TPSA) is 69.3 Å². The second kappa shape index (κ2) is 7.57. The molecule has 1 aromatic carbocycles. The van der Waals surface area contributed by atoms with Gasteiger partial charge in [-0.05, 0) is 32.2 Å². The van der Waals surface area contributed by atoms with Gasteiger partial charge in [0.05, 0.1) is 29.3 Å². The Hall–Kier alpha value is -2.22. The molecule has 8 heteroatoms. The maximum atomic E-state index is 12.5. The maximum Gasteiger partial charge on any atom is 0.268 e. The third-order valence-corrected chi connectivity index (χ3v) is 5.33. The van der Waals surface area contributed by atoms with E-state index in [4.69, 9.17) is 11.6 Å². The quantitative estimate of drug-likeness (QED) is 0.727. The van der Waals surface area contributed by atoms with Crippen molar-refractivity contribution in [1.29, 1.82) is 0 Å². The number of fused-ring (bicyclic) bond motifs is 1. The van der Waals surface area contributed by atoms with Crippen LogP contribution in [0.15, 0.2) is 35.1 Å². The van der Waals surface area contributed by atoms with E-state index in [-0.39, 0.29) is 18.0 Å². The van der Waals surface area contributed by atoms with Crippen molar-refractivity contribution in [3.8, 4) is 0 Å². The highest BCUT2D eigenvalue weighted by Crippen LogP contribution is 2.24. The van der Waals surface area contributed by atoms with E-state index in [2.05, 4.69) is 9.97 Å². The Morgan fingerprint density at radius 1 is 1.31 bits per heavy atom. The summed E-state index contributed by atoms with van der Waals surface area (Å²) in [4.78, 5) is 36.3. The van der Waals surface area contributed by atoms with Crippen LogP contribution in [0.2, 0.25) is 5.02 Å². The Morgan fingerprint density at radius 2 is 2.04 bits per heavy atom. The van der Waals surface area contributed by atoms with Gasteiger partial charge in [0.1, 0.15) is 10.5 Å². The number of carbonyl (C=O) groups is 1. The van der Waals surface area contributed by atoms with E-state index in [1.165, 1.54) is 16.2 Å². The number of aromatic nitrogens is 2. The molecule has 26 heavy (non-hydrogen) atoms. The van der Waals surface area contributed by atoms with Gasteiger partial charge in [-0.3, -0.25) is 14.5 Å². The first-order valence-electron chi connectivity index (χ1n) is 8.04. The molecule has 0 atom stereocenters. The number of rotatable bonds is 5. The summed E-state index contributed by atoms with van der Waals surface area (Å²) in [7, 11) is 3.50. The normalized spacial score (nSPS) is 11.3. The molecule has 1 N–H and O–H groups in total. The average Bonchev–Trinajstić information content (AvgIpc) is 2.95. The summed E-state index contributed by atoms with van der Waals surface area (Å²) in [6.45, 7) is 2.48. The predicted octanol–water partition coefficient (Wildman–Crippen LogP) is 3.04. The van der Waals surface area contributed by atoms with Crippen LogP contribution in [0.25, 0.3) is 10.2 Å². The van der Waals surface area contributed by atoms with Crippen LogP contribution in [-0.2, 0) is 11.3 Å². The first-order valence-corrected chi connectivity index (χ1v) is 9.23. The number of hydrogen-bond acceptors (Lipinski definition) is 5. The number of nitrogens with one attached hydrogen (secondary N) is 1. The Kier molecular flexibility index (Phi) is 5.41. The number of halogens is 1. The fourth-order valence-corrected chi connectivity index (χ4v) is 3.80. The first kappa shape index (κ1) is 18.6. The van der Waals surface area contributed by atoms with Crippen molar-refractivity contribution in [3.63, 3.8) is 0 Å². The summed E-state index contributed by atoms with van der Waals surface area (Å²) in [6, 6.07) is 9.10. The zero-order valence-corrected chi connectivity index (χ0v) is 16.3. The Morgan fingerprint density at radius 3 is 2.77 bits per heavy atom. The Bertz CT molecular complexity index is 1010. The molecule has 3 rings (SSSR count). The molecule has 2 heterocycles. The summed E-state index contributed by atoms with van der Waals surface area (Å²) < 4.78 is 0.628. The fraction of sp³-hybridized carbons (Fsp3) is 0.278. The van der Waals surface area contributed by atoms with E-state index in [9.17, 15) is 9.59 Å². The predicted molar refractivity (Wildman–Crippen MR) is 106 cm³/mol. The van der Waals surface area contributed by atoms with E-state index in [0.29, 0.717) is 33.3 Å². The number of aromatic amines is 1. The highest BCUT2D eigenvalue weighted by atomic mass is 35.5. The zero-order valence-electron chi connectivity index (χ0n) is 14.7. The zero-order chi connectivity index (χ0) is 18.8. The minimum atomic E-state index is -0.143. The highest BCUT2D eigenvalue weighted by molar-refractivity contribution is 7.18. The summed E-state index contributed by atoms with van der Waals surface area (Å²) in [5.41, 5.74) is 1.21. The van der Waals surface area contributed by atoms with Crippen LogP contribution in [0.3, 0.4) is 0 Å². The van der Waals surface area contributed by atoms with Gasteiger partial charge in [-0.15, -0.1) is 11.3 Å². The summed E-state index contributed by atoms with van der Waals surface area (Å²) >= 11 is 7.57. The lowest BCUT2D eigenvalue weighted by molar-refractivity contribution is -0.119. The summed E-state index contributed by atoms with van der Waals surface area (Å²) in [6.07, 6.45) is 0. The SMILES string of the molecule is Cc1cc2nc(CN(C)CC(=O)N(C)c3ccccc3Cl)[nH]c(=O)c2s1. The highest BCUT2D eigenvalue weighted by Gasteiger charge is 2.16. The van der Waals surface area contributed by atoms with Crippen molar-refractivity contribution in [2.45, 2.75) is 13.5 Å². The Balaban J connectivity index is 1.70. The molecule has 136 valence electrons. The minimum absolute atomic E-state index is 0.101. The molecule has 0 radical (unpaired) electrons. The van der Waals surface area contributed by atoms with Gasteiger partial charge in [0.2, 0.25) is 5.91 Å². The number of thiophene rings is 1. The molecule has 2 aromatic heterocycles. The molecule has 0 aliphatic rings. The van der Waals surface area contributed by atoms with Crippen LogP contribution in [0.4, 0.5) is 5.69 Å². The van der Waals surface area contributed by atoms with Gasteiger partial charge in [-0.2, -0.15) is 0 Å². The molecular weight excluding hydrogens is 372 g/mol.